The molecule has 0 spiro atoms. The second-order valence-corrected chi connectivity index (χ2v) is 8.47. The molecule has 5 heteroatoms. The van der Waals surface area contributed by atoms with Crippen LogP contribution >= 0.6 is 0 Å². The maximum atomic E-state index is 11.5. The highest BCUT2D eigenvalue weighted by atomic mass is 16.5. The zero-order valence-corrected chi connectivity index (χ0v) is 19.1. The van der Waals surface area contributed by atoms with Crippen LogP contribution in [0.15, 0.2) is 89.5 Å². The van der Waals surface area contributed by atoms with E-state index in [-0.39, 0.29) is 11.9 Å². The van der Waals surface area contributed by atoms with Gasteiger partial charge in [-0.15, -0.1) is 0 Å². The number of fused-ring (bicyclic) bond motifs is 1. The predicted molar refractivity (Wildman–Crippen MR) is 130 cm³/mol. The molecule has 4 aromatic rings. The first-order chi connectivity index (χ1) is 16.7. The number of allylic oxidation sites excluding steroid dienone is 2. The second-order valence-electron chi connectivity index (χ2n) is 8.47. The molecule has 0 atom stereocenters. The lowest BCUT2D eigenvalue weighted by atomic mass is 9.86. The smallest absolute Gasteiger partial charge is 0.308 e. The van der Waals surface area contributed by atoms with Gasteiger partial charge in [0.2, 0.25) is 5.89 Å². The van der Waals surface area contributed by atoms with Crippen LogP contribution in [0.4, 0.5) is 0 Å². The van der Waals surface area contributed by atoms with Crippen LogP contribution < -0.4 is 4.74 Å². The van der Waals surface area contributed by atoms with E-state index in [0.29, 0.717) is 23.9 Å². The van der Waals surface area contributed by atoms with E-state index in [2.05, 4.69) is 41.6 Å². The topological polar surface area (TPSA) is 65.2 Å². The Morgan fingerprint density at radius 2 is 1.68 bits per heavy atom. The predicted octanol–water partition coefficient (Wildman–Crippen LogP) is 6.14. The van der Waals surface area contributed by atoms with Gasteiger partial charge in [-0.2, -0.15) is 4.98 Å². The third-order valence-corrected chi connectivity index (χ3v) is 6.13. The molecule has 0 saturated heterocycles. The van der Waals surface area contributed by atoms with Gasteiger partial charge in [-0.05, 0) is 47.6 Å². The Morgan fingerprint density at radius 1 is 0.971 bits per heavy atom. The SMILES string of the molecule is CC(=O)Oc1cccc2c1CCCC2=CCc1noc(C(c2ccccc2)c2ccccc2)n1. The van der Waals surface area contributed by atoms with Gasteiger partial charge in [0.25, 0.3) is 0 Å². The molecule has 0 saturated carbocycles. The summed E-state index contributed by atoms with van der Waals surface area (Å²) in [6.45, 7) is 1.44. The number of carbonyl (C=O) groups excluding carboxylic acids is 1. The molecule has 0 N–H and O–H groups in total. The summed E-state index contributed by atoms with van der Waals surface area (Å²) in [4.78, 5) is 16.3. The summed E-state index contributed by atoms with van der Waals surface area (Å²) in [5.41, 5.74) is 5.68. The number of benzene rings is 3. The highest BCUT2D eigenvalue weighted by molar-refractivity contribution is 5.75. The van der Waals surface area contributed by atoms with Crippen molar-refractivity contribution >= 4 is 11.5 Å². The van der Waals surface area contributed by atoms with Gasteiger partial charge in [0.1, 0.15) is 5.75 Å². The molecule has 170 valence electrons. The monoisotopic (exact) mass is 450 g/mol. The normalized spacial score (nSPS) is 14.2. The largest absolute Gasteiger partial charge is 0.426 e. The van der Waals surface area contributed by atoms with Crippen molar-refractivity contribution in [2.45, 2.75) is 38.5 Å². The third-order valence-electron chi connectivity index (χ3n) is 6.13. The number of nitrogens with zero attached hydrogens (tertiary/aromatic N) is 2. The van der Waals surface area contributed by atoms with Gasteiger partial charge in [-0.25, -0.2) is 0 Å². The molecular formula is C29H26N2O3. The van der Waals surface area contributed by atoms with Gasteiger partial charge in [0, 0.05) is 18.9 Å². The molecule has 1 aliphatic carbocycles. The molecule has 1 aliphatic rings. The van der Waals surface area contributed by atoms with Gasteiger partial charge in [0.15, 0.2) is 5.82 Å². The van der Waals surface area contributed by atoms with Gasteiger partial charge >= 0.3 is 5.97 Å². The Bertz CT molecular complexity index is 1270. The van der Waals surface area contributed by atoms with E-state index in [1.165, 1.54) is 12.5 Å². The minimum atomic E-state index is -0.296. The first-order valence-corrected chi connectivity index (χ1v) is 11.6. The van der Waals surface area contributed by atoms with Gasteiger partial charge in [-0.1, -0.05) is 84.0 Å². The van der Waals surface area contributed by atoms with Crippen molar-refractivity contribution < 1.29 is 14.1 Å². The van der Waals surface area contributed by atoms with Crippen LogP contribution in [-0.4, -0.2) is 16.1 Å². The summed E-state index contributed by atoms with van der Waals surface area (Å²) in [6.07, 6.45) is 5.63. The number of hydrogen-bond acceptors (Lipinski definition) is 5. The van der Waals surface area contributed by atoms with Crippen LogP contribution in [0.3, 0.4) is 0 Å². The Kier molecular flexibility index (Phi) is 6.34. The maximum absolute atomic E-state index is 11.5. The average Bonchev–Trinajstić information content (AvgIpc) is 3.32. The Balaban J connectivity index is 1.42. The van der Waals surface area contributed by atoms with E-state index < -0.39 is 0 Å². The van der Waals surface area contributed by atoms with Crippen molar-refractivity contribution in [1.82, 2.24) is 10.1 Å². The fourth-order valence-corrected chi connectivity index (χ4v) is 4.63. The highest BCUT2D eigenvalue weighted by Gasteiger charge is 2.23. The lowest BCUT2D eigenvalue weighted by Crippen LogP contribution is -2.09. The number of rotatable bonds is 6. The summed E-state index contributed by atoms with van der Waals surface area (Å²) in [5, 5.41) is 4.29. The number of ether oxygens (including phenoxy) is 1. The summed E-state index contributed by atoms with van der Waals surface area (Å²) >= 11 is 0. The standard InChI is InChI=1S/C29H26N2O3/c1-20(32)33-26-17-9-15-24-21(14-8-16-25(24)26)18-19-27-30-29(34-31-27)28(22-10-4-2-5-11-22)23-12-6-3-7-13-23/h2-7,9-13,15,17-18,28H,8,14,16,19H2,1H3. The number of carbonyl (C=O) groups is 1. The minimum absolute atomic E-state index is 0.113. The summed E-state index contributed by atoms with van der Waals surface area (Å²) in [7, 11) is 0. The van der Waals surface area contributed by atoms with Gasteiger partial charge in [-0.3, -0.25) is 4.79 Å². The van der Waals surface area contributed by atoms with Crippen molar-refractivity contribution in [3.63, 3.8) is 0 Å². The van der Waals surface area contributed by atoms with Crippen LogP contribution in [0.2, 0.25) is 0 Å². The molecule has 0 bridgehead atoms. The number of esters is 1. The molecule has 5 nitrogen and oxygen atoms in total. The van der Waals surface area contributed by atoms with Crippen LogP contribution in [0.1, 0.15) is 59.7 Å². The van der Waals surface area contributed by atoms with E-state index in [1.807, 2.05) is 48.5 Å². The van der Waals surface area contributed by atoms with Gasteiger partial charge < -0.3 is 9.26 Å². The zero-order valence-electron chi connectivity index (χ0n) is 19.1. The fraction of sp³-hybridized carbons (Fsp3) is 0.207. The quantitative estimate of drug-likeness (QED) is 0.261. The van der Waals surface area contributed by atoms with Crippen LogP contribution in [0.5, 0.6) is 5.75 Å². The zero-order chi connectivity index (χ0) is 23.3. The first-order valence-electron chi connectivity index (χ1n) is 11.6. The molecule has 0 aliphatic heterocycles. The number of aromatic nitrogens is 2. The van der Waals surface area contributed by atoms with E-state index in [4.69, 9.17) is 14.2 Å². The number of hydrogen-bond donors (Lipinski definition) is 0. The summed E-state index contributed by atoms with van der Waals surface area (Å²) in [6, 6.07) is 26.4. The van der Waals surface area contributed by atoms with Crippen LogP contribution in [0.25, 0.3) is 5.57 Å². The molecular weight excluding hydrogens is 424 g/mol. The molecule has 0 radical (unpaired) electrons. The minimum Gasteiger partial charge on any atom is -0.426 e. The maximum Gasteiger partial charge on any atom is 0.308 e. The molecule has 0 fully saturated rings. The molecule has 3 aromatic carbocycles. The van der Waals surface area contributed by atoms with Crippen molar-refractivity contribution in [3.05, 3.63) is 119 Å². The lowest BCUT2D eigenvalue weighted by molar-refractivity contribution is -0.131. The molecule has 5 rings (SSSR count). The van der Waals surface area contributed by atoms with Gasteiger partial charge in [0.05, 0.1) is 5.92 Å². The van der Waals surface area contributed by atoms with E-state index >= 15 is 0 Å². The first kappa shape index (κ1) is 21.8. The lowest BCUT2D eigenvalue weighted by Gasteiger charge is -2.21. The average molecular weight is 451 g/mol. The molecule has 0 unspecified atom stereocenters. The van der Waals surface area contributed by atoms with Crippen molar-refractivity contribution in [1.29, 1.82) is 0 Å². The van der Waals surface area contributed by atoms with Crippen LogP contribution in [0, 0.1) is 0 Å². The second kappa shape index (κ2) is 9.87. The molecule has 1 aromatic heterocycles. The van der Waals surface area contributed by atoms with Crippen molar-refractivity contribution in [3.8, 4) is 5.75 Å². The summed E-state index contributed by atoms with van der Waals surface area (Å²) < 4.78 is 11.2. The Hall–Kier alpha value is -3.99. The Morgan fingerprint density at radius 3 is 2.35 bits per heavy atom. The van der Waals surface area contributed by atoms with Crippen molar-refractivity contribution in [2.75, 3.05) is 0 Å². The van der Waals surface area contributed by atoms with E-state index in [9.17, 15) is 4.79 Å². The third kappa shape index (κ3) is 4.69. The Labute approximate surface area is 199 Å². The fourth-order valence-electron chi connectivity index (χ4n) is 4.63. The van der Waals surface area contributed by atoms with E-state index in [0.717, 1.165) is 41.5 Å². The summed E-state index contributed by atoms with van der Waals surface area (Å²) in [5.74, 6) is 1.49. The molecule has 34 heavy (non-hydrogen) atoms. The van der Waals surface area contributed by atoms with Crippen LogP contribution in [-0.2, 0) is 17.6 Å². The molecule has 1 heterocycles. The van der Waals surface area contributed by atoms with Crippen molar-refractivity contribution in [2.24, 2.45) is 0 Å². The van der Waals surface area contributed by atoms with E-state index in [1.54, 1.807) is 0 Å². The molecule has 0 amide bonds. The highest BCUT2D eigenvalue weighted by Crippen LogP contribution is 2.36.